The fraction of sp³-hybridized carbons (Fsp3) is 0.245. The van der Waals surface area contributed by atoms with Crippen molar-refractivity contribution >= 4 is 132 Å². The zero-order chi connectivity index (χ0) is 48.9. The van der Waals surface area contributed by atoms with Gasteiger partial charge >= 0.3 is 13.1 Å². The number of amides is 2. The van der Waals surface area contributed by atoms with E-state index in [1.54, 1.807) is 30.6 Å². The second-order valence-electron chi connectivity index (χ2n) is 17.3. The quantitative estimate of drug-likeness (QED) is 0.0745. The molecule has 2 aliphatic carbocycles. The van der Waals surface area contributed by atoms with Crippen molar-refractivity contribution in [2.24, 2.45) is 0 Å². The van der Waals surface area contributed by atoms with Crippen LogP contribution in [0.2, 0.25) is 10.0 Å². The van der Waals surface area contributed by atoms with Crippen molar-refractivity contribution in [3.8, 4) is 11.1 Å². The molecule has 0 unspecified atom stereocenters. The fourth-order valence-electron chi connectivity index (χ4n) is 6.55. The lowest BCUT2D eigenvalue weighted by molar-refractivity contribution is 0.00578. The van der Waals surface area contributed by atoms with E-state index in [2.05, 4.69) is 53.2 Å². The maximum Gasteiger partial charge on any atom is 0.494 e. The average molecular weight is 1180 g/mol. The van der Waals surface area contributed by atoms with E-state index in [1.807, 2.05) is 117 Å². The number of nitrogens with one attached hydrogen (secondary N) is 2. The van der Waals surface area contributed by atoms with E-state index in [9.17, 15) is 14.4 Å². The van der Waals surface area contributed by atoms with Crippen molar-refractivity contribution in [2.45, 2.75) is 76.7 Å². The van der Waals surface area contributed by atoms with Crippen molar-refractivity contribution in [3.63, 3.8) is 0 Å². The van der Waals surface area contributed by atoms with Crippen LogP contribution in [0.3, 0.4) is 0 Å². The number of aromatic nitrogens is 4. The van der Waals surface area contributed by atoms with Gasteiger partial charge in [-0.25, -0.2) is 24.7 Å². The number of benzene rings is 5. The Hall–Kier alpha value is -5.19. The monoisotopic (exact) mass is 1180 g/mol. The number of nitrogen functional groups attached to an aromatic ring is 2. The van der Waals surface area contributed by atoms with Gasteiger partial charge in [-0.05, 0) is 182 Å². The number of aromatic carboxylic acids is 1. The third kappa shape index (κ3) is 13.3. The molecule has 3 heterocycles. The Labute approximate surface area is 431 Å². The fourth-order valence-corrected chi connectivity index (χ4v) is 7.95. The summed E-state index contributed by atoms with van der Waals surface area (Å²) in [6.45, 7) is 8.16. The number of anilines is 2. The lowest BCUT2D eigenvalue weighted by Crippen LogP contribution is -2.41. The molecule has 2 aromatic heterocycles. The van der Waals surface area contributed by atoms with E-state index in [1.165, 1.54) is 12.1 Å². The van der Waals surface area contributed by atoms with Gasteiger partial charge in [0.25, 0.3) is 11.8 Å². The highest BCUT2D eigenvalue weighted by Crippen LogP contribution is 2.37. The third-order valence-electron chi connectivity index (χ3n) is 11.4. The van der Waals surface area contributed by atoms with Crippen LogP contribution in [0.1, 0.15) is 84.5 Å². The van der Waals surface area contributed by atoms with Gasteiger partial charge in [0.05, 0.1) is 32.8 Å². The minimum Gasteiger partial charge on any atom is -0.478 e. The average Bonchev–Trinajstić information content (AvgIpc) is 4.25. The molecule has 0 spiro atoms. The van der Waals surface area contributed by atoms with Crippen molar-refractivity contribution in [2.75, 3.05) is 11.5 Å². The number of rotatable bonds is 7. The highest BCUT2D eigenvalue weighted by atomic mass is 127. The Kier molecular flexibility index (Phi) is 16.1. The molecule has 10 rings (SSSR count). The number of hydrogen-bond donors (Lipinski definition) is 5. The van der Waals surface area contributed by atoms with Crippen molar-refractivity contribution < 1.29 is 28.8 Å². The molecule has 2 amide bonds. The van der Waals surface area contributed by atoms with Crippen molar-refractivity contribution in [3.05, 3.63) is 143 Å². The van der Waals surface area contributed by atoms with Crippen molar-refractivity contribution in [1.29, 1.82) is 0 Å². The van der Waals surface area contributed by atoms with Crippen LogP contribution in [-0.2, 0) is 9.31 Å². The van der Waals surface area contributed by atoms with Gasteiger partial charge in [0.1, 0.15) is 0 Å². The number of carbonyl (C=O) groups excluding carboxylic acids is 2. The molecule has 7 N–H and O–H groups in total. The number of nitrogens with zero attached hydrogens (tertiary/aromatic N) is 4. The molecular formula is C49H47BCl2I2N8O6. The minimum atomic E-state index is -0.931. The Balaban J connectivity index is 0.000000141. The summed E-state index contributed by atoms with van der Waals surface area (Å²) in [5.41, 5.74) is 16.4. The zero-order valence-electron chi connectivity index (χ0n) is 37.4. The van der Waals surface area contributed by atoms with Crippen LogP contribution in [-0.4, -0.2) is 73.2 Å². The van der Waals surface area contributed by atoms with E-state index in [0.717, 1.165) is 76.8 Å². The van der Waals surface area contributed by atoms with Gasteiger partial charge in [0, 0.05) is 64.1 Å². The number of nitrogens with two attached hydrogens (primary N) is 2. The molecule has 5 aromatic carbocycles. The molecule has 3 aliphatic rings. The first-order valence-electron chi connectivity index (χ1n) is 21.5. The topological polar surface area (TPSA) is 218 Å². The van der Waals surface area contributed by atoms with Crippen LogP contribution in [0.5, 0.6) is 0 Å². The summed E-state index contributed by atoms with van der Waals surface area (Å²) in [7, 11) is -0.373. The van der Waals surface area contributed by atoms with Gasteiger partial charge in [-0.1, -0.05) is 47.5 Å². The lowest BCUT2D eigenvalue weighted by atomic mass is 9.78. The van der Waals surface area contributed by atoms with Gasteiger partial charge in [-0.2, -0.15) is 0 Å². The maximum atomic E-state index is 12.3. The molecule has 0 bridgehead atoms. The van der Waals surface area contributed by atoms with Crippen LogP contribution < -0.4 is 27.6 Å². The number of halogens is 4. The summed E-state index contributed by atoms with van der Waals surface area (Å²) >= 11 is 16.2. The number of hydrogen-bond acceptors (Lipinski definition) is 11. The summed E-state index contributed by atoms with van der Waals surface area (Å²) < 4.78 is 13.9. The molecule has 19 heteroatoms. The first-order valence-corrected chi connectivity index (χ1v) is 24.4. The Bertz CT molecular complexity index is 3020. The highest BCUT2D eigenvalue weighted by Gasteiger charge is 2.51. The Morgan fingerprint density at radius 1 is 0.676 bits per heavy atom. The first-order chi connectivity index (χ1) is 32.2. The molecule has 3 fully saturated rings. The predicted octanol–water partition coefficient (Wildman–Crippen LogP) is 9.76. The molecular weight excluding hydrogens is 1130 g/mol. The predicted molar refractivity (Wildman–Crippen MR) is 285 cm³/mol. The number of carbonyl (C=O) groups is 3. The molecule has 2 saturated carbocycles. The van der Waals surface area contributed by atoms with E-state index in [0.29, 0.717) is 27.7 Å². The zero-order valence-corrected chi connectivity index (χ0v) is 43.2. The summed E-state index contributed by atoms with van der Waals surface area (Å²) in [4.78, 5) is 50.6. The Morgan fingerprint density at radius 2 is 1.21 bits per heavy atom. The second kappa shape index (κ2) is 21.6. The van der Waals surface area contributed by atoms with E-state index in [4.69, 9.17) is 49.1 Å². The first kappa shape index (κ1) is 50.7. The standard InChI is InChI=1S/C18H15ClN4O.C14H18BN3O2.C10H10INO.C7H4ClIO2/c19-15-5-1-11(17(24)22-13-3-4-13)8-14(15)10-2-6-16-12(7-10)9-21-18(20)23-16;1-13(2)14(3,4)20-15(19-13)10-5-6-11-9(7-10)8-17-12(16)18-11;11-8-3-1-2-7(6-8)10(13)12-9-4-5-9;8-5-2-1-4(7(10)11)3-6(5)9/h1-2,5-9,13H,3-4H2,(H,22,24)(H2,20,21,23);5-8H,1-4H3,(H2,16,17,18);1-3,6,9H,4-5H2,(H,12,13);1-3H,(H,10,11). The van der Waals surface area contributed by atoms with Crippen LogP contribution in [0.15, 0.2) is 109 Å². The van der Waals surface area contributed by atoms with E-state index < -0.39 is 5.97 Å². The lowest BCUT2D eigenvalue weighted by Gasteiger charge is -2.32. The normalized spacial score (nSPS) is 15.4. The number of fused-ring (bicyclic) bond motifs is 2. The van der Waals surface area contributed by atoms with Crippen molar-refractivity contribution in [1.82, 2.24) is 30.6 Å². The molecule has 1 aliphatic heterocycles. The van der Waals surface area contributed by atoms with Gasteiger partial charge in [0.15, 0.2) is 0 Å². The molecule has 1 saturated heterocycles. The summed E-state index contributed by atoms with van der Waals surface area (Å²) in [6.07, 6.45) is 7.77. The minimum absolute atomic E-state index is 0.0565. The van der Waals surface area contributed by atoms with Gasteiger partial charge in [-0.15, -0.1) is 0 Å². The van der Waals surface area contributed by atoms with Crippen LogP contribution >= 0.6 is 68.4 Å². The SMILES string of the molecule is CC1(C)OB(c2ccc3nc(N)ncc3c2)OC1(C)C.Nc1ncc2cc(-c3cc(C(=O)NC4CC4)ccc3Cl)ccc2n1.O=C(NC1CC1)c1cccc(I)c1.O=C(O)c1ccc(Cl)c(I)c1. The van der Waals surface area contributed by atoms with Gasteiger partial charge < -0.3 is 36.5 Å². The molecule has 68 heavy (non-hydrogen) atoms. The van der Waals surface area contributed by atoms with E-state index in [-0.39, 0.29) is 47.6 Å². The summed E-state index contributed by atoms with van der Waals surface area (Å²) in [6, 6.07) is 29.9. The second-order valence-corrected chi connectivity index (χ2v) is 20.5. The van der Waals surface area contributed by atoms with Gasteiger partial charge in [0.2, 0.25) is 11.9 Å². The molecule has 14 nitrogen and oxygen atoms in total. The third-order valence-corrected chi connectivity index (χ3v) is 13.9. The maximum absolute atomic E-state index is 12.3. The molecule has 0 radical (unpaired) electrons. The Morgan fingerprint density at radius 3 is 1.75 bits per heavy atom. The van der Waals surface area contributed by atoms with Gasteiger partial charge in [-0.3, -0.25) is 9.59 Å². The smallest absolute Gasteiger partial charge is 0.478 e. The summed E-state index contributed by atoms with van der Waals surface area (Å²) in [5.74, 6) is -0.416. The molecule has 7 aromatic rings. The van der Waals surface area contributed by atoms with Crippen LogP contribution in [0.4, 0.5) is 11.9 Å². The molecule has 0 atom stereocenters. The highest BCUT2D eigenvalue weighted by molar-refractivity contribution is 14.1. The molecule has 350 valence electrons. The summed E-state index contributed by atoms with van der Waals surface area (Å²) in [5, 5.41) is 17.5. The largest absolute Gasteiger partial charge is 0.494 e. The van der Waals surface area contributed by atoms with Crippen LogP contribution in [0, 0.1) is 7.14 Å². The number of carboxylic acid groups (broad SMARTS) is 1. The van der Waals surface area contributed by atoms with E-state index >= 15 is 0 Å². The van der Waals surface area contributed by atoms with Crippen LogP contribution in [0.25, 0.3) is 32.9 Å². The number of carboxylic acids is 1.